The van der Waals surface area contributed by atoms with Gasteiger partial charge >= 0.3 is 0 Å². The number of aliphatic hydroxyl groups is 1. The standard InChI is InChI=1S/C12H21NOS/c1-3-11(13-10(2)6-7-14)9-12-5-4-8-15-12/h4-5,8,10-11,13-14H,3,6-7,9H2,1-2H3/t10-,11?/m1/s1. The van der Waals surface area contributed by atoms with Crippen molar-refractivity contribution in [2.45, 2.75) is 45.2 Å². The molecule has 1 unspecified atom stereocenters. The largest absolute Gasteiger partial charge is 0.396 e. The third-order valence-electron chi connectivity index (χ3n) is 2.60. The molecule has 15 heavy (non-hydrogen) atoms. The molecule has 0 aliphatic carbocycles. The third kappa shape index (κ3) is 4.78. The van der Waals surface area contributed by atoms with Crippen molar-refractivity contribution >= 4 is 11.3 Å². The molecule has 1 aromatic rings. The van der Waals surface area contributed by atoms with Crippen LogP contribution in [0, 0.1) is 0 Å². The topological polar surface area (TPSA) is 32.3 Å². The van der Waals surface area contributed by atoms with Gasteiger partial charge in [0, 0.05) is 23.6 Å². The van der Waals surface area contributed by atoms with Crippen LogP contribution < -0.4 is 5.32 Å². The molecule has 0 bridgehead atoms. The van der Waals surface area contributed by atoms with Crippen LogP contribution in [-0.2, 0) is 6.42 Å². The van der Waals surface area contributed by atoms with Crippen molar-refractivity contribution in [1.82, 2.24) is 5.32 Å². The van der Waals surface area contributed by atoms with E-state index in [0.29, 0.717) is 12.1 Å². The highest BCUT2D eigenvalue weighted by molar-refractivity contribution is 7.09. The van der Waals surface area contributed by atoms with E-state index < -0.39 is 0 Å². The van der Waals surface area contributed by atoms with Gasteiger partial charge in [-0.05, 0) is 37.6 Å². The molecule has 0 saturated carbocycles. The predicted molar refractivity (Wildman–Crippen MR) is 66.4 cm³/mol. The maximum absolute atomic E-state index is 8.84. The van der Waals surface area contributed by atoms with E-state index in [2.05, 4.69) is 36.7 Å². The van der Waals surface area contributed by atoms with E-state index in [4.69, 9.17) is 5.11 Å². The lowest BCUT2D eigenvalue weighted by atomic mass is 10.1. The van der Waals surface area contributed by atoms with Crippen LogP contribution in [0.1, 0.15) is 31.6 Å². The fourth-order valence-electron chi connectivity index (χ4n) is 1.67. The highest BCUT2D eigenvalue weighted by Gasteiger charge is 2.10. The van der Waals surface area contributed by atoms with Crippen molar-refractivity contribution in [3.63, 3.8) is 0 Å². The Morgan fingerprint density at radius 3 is 2.87 bits per heavy atom. The van der Waals surface area contributed by atoms with Crippen LogP contribution in [0.4, 0.5) is 0 Å². The number of thiophene rings is 1. The van der Waals surface area contributed by atoms with Crippen LogP contribution in [0.5, 0.6) is 0 Å². The first-order valence-corrected chi connectivity index (χ1v) is 6.53. The van der Waals surface area contributed by atoms with E-state index in [1.165, 1.54) is 4.88 Å². The first-order valence-electron chi connectivity index (χ1n) is 5.65. The molecule has 0 fully saturated rings. The normalized spacial score (nSPS) is 15.1. The SMILES string of the molecule is CCC(Cc1cccs1)N[C@H](C)CCO. The average molecular weight is 227 g/mol. The van der Waals surface area contributed by atoms with Gasteiger partial charge in [-0.2, -0.15) is 0 Å². The number of aliphatic hydroxyl groups excluding tert-OH is 1. The summed E-state index contributed by atoms with van der Waals surface area (Å²) in [5, 5.41) is 14.5. The van der Waals surface area contributed by atoms with E-state index in [9.17, 15) is 0 Å². The summed E-state index contributed by atoms with van der Waals surface area (Å²) in [7, 11) is 0. The van der Waals surface area contributed by atoms with Crippen LogP contribution in [0.25, 0.3) is 0 Å². The molecule has 0 amide bonds. The Morgan fingerprint density at radius 1 is 1.53 bits per heavy atom. The molecule has 1 aromatic heterocycles. The number of hydrogen-bond acceptors (Lipinski definition) is 3. The minimum atomic E-state index is 0.267. The summed E-state index contributed by atoms with van der Waals surface area (Å²) >= 11 is 1.82. The van der Waals surface area contributed by atoms with Gasteiger partial charge in [0.25, 0.3) is 0 Å². The second-order valence-electron chi connectivity index (χ2n) is 3.97. The first kappa shape index (κ1) is 12.7. The summed E-state index contributed by atoms with van der Waals surface area (Å²) in [5.74, 6) is 0. The summed E-state index contributed by atoms with van der Waals surface area (Å²) in [6.07, 6.45) is 3.07. The number of nitrogens with one attached hydrogen (secondary N) is 1. The molecule has 0 aromatic carbocycles. The van der Waals surface area contributed by atoms with Gasteiger partial charge in [0.2, 0.25) is 0 Å². The maximum Gasteiger partial charge on any atom is 0.0445 e. The van der Waals surface area contributed by atoms with Crippen molar-refractivity contribution in [3.05, 3.63) is 22.4 Å². The first-order chi connectivity index (χ1) is 7.26. The molecule has 0 radical (unpaired) electrons. The van der Waals surface area contributed by atoms with Gasteiger partial charge in [-0.1, -0.05) is 13.0 Å². The van der Waals surface area contributed by atoms with Crippen molar-refractivity contribution in [2.24, 2.45) is 0 Å². The highest BCUT2D eigenvalue weighted by Crippen LogP contribution is 2.13. The van der Waals surface area contributed by atoms with Crippen molar-refractivity contribution < 1.29 is 5.11 Å². The van der Waals surface area contributed by atoms with Crippen LogP contribution in [0.3, 0.4) is 0 Å². The molecular weight excluding hydrogens is 206 g/mol. The summed E-state index contributed by atoms with van der Waals surface area (Å²) in [6, 6.07) is 5.22. The molecule has 1 heterocycles. The Kier molecular flexibility index (Phi) is 5.91. The van der Waals surface area contributed by atoms with Gasteiger partial charge in [0.15, 0.2) is 0 Å². The Bertz CT molecular complexity index is 248. The zero-order valence-corrected chi connectivity index (χ0v) is 10.4. The van der Waals surface area contributed by atoms with Crippen LogP contribution in [0.2, 0.25) is 0 Å². The Labute approximate surface area is 96.3 Å². The smallest absolute Gasteiger partial charge is 0.0445 e. The summed E-state index contributed by atoms with van der Waals surface area (Å²) in [5.41, 5.74) is 0. The fraction of sp³-hybridized carbons (Fsp3) is 0.667. The summed E-state index contributed by atoms with van der Waals surface area (Å²) in [6.45, 7) is 4.61. The second kappa shape index (κ2) is 6.99. The molecule has 0 aliphatic heterocycles. The van der Waals surface area contributed by atoms with E-state index >= 15 is 0 Å². The molecular formula is C12H21NOS. The predicted octanol–water partition coefficient (Wildman–Crippen LogP) is 2.43. The fourth-order valence-corrected chi connectivity index (χ4v) is 2.46. The Balaban J connectivity index is 2.35. The van der Waals surface area contributed by atoms with Crippen molar-refractivity contribution in [3.8, 4) is 0 Å². The molecule has 3 heteroatoms. The molecule has 2 atom stereocenters. The molecule has 0 aliphatic rings. The quantitative estimate of drug-likeness (QED) is 0.750. The summed E-state index contributed by atoms with van der Waals surface area (Å²) < 4.78 is 0. The lowest BCUT2D eigenvalue weighted by Crippen LogP contribution is -2.37. The monoisotopic (exact) mass is 227 g/mol. The molecule has 1 rings (SSSR count). The molecule has 0 spiro atoms. The zero-order chi connectivity index (χ0) is 11.1. The lowest BCUT2D eigenvalue weighted by Gasteiger charge is -2.21. The van der Waals surface area contributed by atoms with E-state index in [1.54, 1.807) is 0 Å². The number of rotatable bonds is 7. The van der Waals surface area contributed by atoms with Gasteiger partial charge in [-0.15, -0.1) is 11.3 Å². The summed E-state index contributed by atoms with van der Waals surface area (Å²) in [4.78, 5) is 1.44. The van der Waals surface area contributed by atoms with Gasteiger partial charge in [-0.3, -0.25) is 0 Å². The Morgan fingerprint density at radius 2 is 2.33 bits per heavy atom. The van der Waals surface area contributed by atoms with Gasteiger partial charge in [-0.25, -0.2) is 0 Å². The van der Waals surface area contributed by atoms with Crippen molar-refractivity contribution in [2.75, 3.05) is 6.61 Å². The lowest BCUT2D eigenvalue weighted by molar-refractivity contribution is 0.262. The minimum absolute atomic E-state index is 0.267. The minimum Gasteiger partial charge on any atom is -0.396 e. The van der Waals surface area contributed by atoms with Gasteiger partial charge in [0.1, 0.15) is 0 Å². The van der Waals surface area contributed by atoms with Crippen LogP contribution in [0.15, 0.2) is 17.5 Å². The zero-order valence-electron chi connectivity index (χ0n) is 9.57. The highest BCUT2D eigenvalue weighted by atomic mass is 32.1. The van der Waals surface area contributed by atoms with Gasteiger partial charge in [0.05, 0.1) is 0 Å². The number of hydrogen-bond donors (Lipinski definition) is 2. The van der Waals surface area contributed by atoms with Gasteiger partial charge < -0.3 is 10.4 Å². The molecule has 2 nitrogen and oxygen atoms in total. The molecule has 86 valence electrons. The molecule has 2 N–H and O–H groups in total. The van der Waals surface area contributed by atoms with E-state index in [-0.39, 0.29) is 6.61 Å². The maximum atomic E-state index is 8.84. The van der Waals surface area contributed by atoms with Crippen LogP contribution in [-0.4, -0.2) is 23.8 Å². The van der Waals surface area contributed by atoms with E-state index in [1.807, 2.05) is 11.3 Å². The van der Waals surface area contributed by atoms with Crippen molar-refractivity contribution in [1.29, 1.82) is 0 Å². The van der Waals surface area contributed by atoms with Crippen LogP contribution >= 0.6 is 11.3 Å². The van der Waals surface area contributed by atoms with E-state index in [0.717, 1.165) is 19.3 Å². The second-order valence-corrected chi connectivity index (χ2v) is 5.00. The Hall–Kier alpha value is -0.380. The average Bonchev–Trinajstić information content (AvgIpc) is 2.70. The molecule has 0 saturated heterocycles. The third-order valence-corrected chi connectivity index (χ3v) is 3.50.